The van der Waals surface area contributed by atoms with Crippen LogP contribution < -0.4 is 10.6 Å². The molecule has 0 atom stereocenters. The number of nitrogens with one attached hydrogen (secondary N) is 2. The van der Waals surface area contributed by atoms with Gasteiger partial charge in [-0.3, -0.25) is 4.79 Å². The Morgan fingerprint density at radius 3 is 2.35 bits per heavy atom. The van der Waals surface area contributed by atoms with E-state index < -0.39 is 28.7 Å². The lowest BCUT2D eigenvalue weighted by atomic mass is 10.0. The molecule has 0 aliphatic rings. The third kappa shape index (κ3) is 3.48. The van der Waals surface area contributed by atoms with Gasteiger partial charge in [-0.05, 0) is 39.1 Å². The topological polar surface area (TPSA) is 64.9 Å². The van der Waals surface area contributed by atoms with Gasteiger partial charge in [0.25, 0.3) is 0 Å². The molecule has 0 aromatic heterocycles. The number of carbonyl (C=O) groups is 1. The van der Waals surface area contributed by atoms with Crippen molar-refractivity contribution in [3.63, 3.8) is 0 Å². The van der Waals surface area contributed by atoms with Crippen LogP contribution in [0.5, 0.6) is 0 Å². The molecular formula is C13H14F3N3O. The predicted molar refractivity (Wildman–Crippen MR) is 67.9 cm³/mol. The van der Waals surface area contributed by atoms with Crippen LogP contribution in [0, 0.1) is 11.3 Å². The number of rotatable bonds is 3. The first kappa shape index (κ1) is 16.0. The maximum Gasteiger partial charge on any atom is 0.417 e. The second-order valence-electron chi connectivity index (χ2n) is 4.70. The van der Waals surface area contributed by atoms with Gasteiger partial charge in [-0.1, -0.05) is 0 Å². The number of anilines is 1. The summed E-state index contributed by atoms with van der Waals surface area (Å²) in [5, 5.41) is 13.8. The number of nitrogens with zero attached hydrogens (tertiary/aromatic N) is 1. The summed E-state index contributed by atoms with van der Waals surface area (Å²) in [5.41, 5.74) is -2.49. The Morgan fingerprint density at radius 2 is 1.90 bits per heavy atom. The number of likely N-dealkylation sites (N-methyl/N-ethyl adjacent to an activating group) is 1. The van der Waals surface area contributed by atoms with Gasteiger partial charge in [0.05, 0.1) is 22.7 Å². The second-order valence-corrected chi connectivity index (χ2v) is 4.70. The summed E-state index contributed by atoms with van der Waals surface area (Å²) in [4.78, 5) is 11.9. The molecule has 108 valence electrons. The largest absolute Gasteiger partial charge is 0.417 e. The number of amides is 1. The zero-order chi connectivity index (χ0) is 15.6. The van der Waals surface area contributed by atoms with Gasteiger partial charge in [-0.25, -0.2) is 0 Å². The average molecular weight is 285 g/mol. The molecule has 0 unspecified atom stereocenters. The van der Waals surface area contributed by atoms with E-state index in [-0.39, 0.29) is 5.69 Å². The van der Waals surface area contributed by atoms with E-state index in [9.17, 15) is 18.0 Å². The lowest BCUT2D eigenvalue weighted by Gasteiger charge is -2.23. The van der Waals surface area contributed by atoms with Crippen molar-refractivity contribution in [3.05, 3.63) is 29.3 Å². The highest BCUT2D eigenvalue weighted by Gasteiger charge is 2.34. The molecule has 0 saturated heterocycles. The smallest absolute Gasteiger partial charge is 0.324 e. The Balaban J connectivity index is 3.12. The highest BCUT2D eigenvalue weighted by molar-refractivity contribution is 5.97. The summed E-state index contributed by atoms with van der Waals surface area (Å²) >= 11 is 0. The van der Waals surface area contributed by atoms with E-state index in [1.807, 2.05) is 0 Å². The molecule has 1 aromatic rings. The fraction of sp³-hybridized carbons (Fsp3) is 0.385. The molecule has 0 spiro atoms. The van der Waals surface area contributed by atoms with Crippen LogP contribution in [0.25, 0.3) is 0 Å². The minimum Gasteiger partial charge on any atom is -0.324 e. The standard InChI is InChI=1S/C13H14F3N3O/c1-12(2,18-3)11(20)19-9-5-4-8(7-17)10(6-9)13(14,15)16/h4-6,18H,1-3H3,(H,19,20). The summed E-state index contributed by atoms with van der Waals surface area (Å²) in [5.74, 6) is -0.474. The van der Waals surface area contributed by atoms with Crippen molar-refractivity contribution in [1.29, 1.82) is 5.26 Å². The van der Waals surface area contributed by atoms with E-state index >= 15 is 0 Å². The zero-order valence-corrected chi connectivity index (χ0v) is 11.2. The first-order valence-corrected chi connectivity index (χ1v) is 5.73. The van der Waals surface area contributed by atoms with Gasteiger partial charge < -0.3 is 10.6 Å². The van der Waals surface area contributed by atoms with Gasteiger partial charge >= 0.3 is 6.18 Å². The van der Waals surface area contributed by atoms with Gasteiger partial charge in [0.15, 0.2) is 0 Å². The van der Waals surface area contributed by atoms with Crippen molar-refractivity contribution in [1.82, 2.24) is 5.32 Å². The van der Waals surface area contributed by atoms with Gasteiger partial charge in [-0.15, -0.1) is 0 Å². The molecule has 0 heterocycles. The molecule has 4 nitrogen and oxygen atoms in total. The van der Waals surface area contributed by atoms with Crippen LogP contribution in [-0.2, 0) is 11.0 Å². The van der Waals surface area contributed by atoms with Gasteiger partial charge in [-0.2, -0.15) is 18.4 Å². The number of alkyl halides is 3. The first-order chi connectivity index (χ1) is 9.11. The molecule has 7 heteroatoms. The summed E-state index contributed by atoms with van der Waals surface area (Å²) in [7, 11) is 1.57. The summed E-state index contributed by atoms with van der Waals surface area (Å²) in [6.45, 7) is 3.19. The SMILES string of the molecule is CNC(C)(C)C(=O)Nc1ccc(C#N)c(C(F)(F)F)c1. The molecule has 2 N–H and O–H groups in total. The minimum atomic E-state index is -4.65. The Hall–Kier alpha value is -2.07. The van der Waals surface area contributed by atoms with Crippen LogP contribution in [0.1, 0.15) is 25.0 Å². The fourth-order valence-corrected chi connectivity index (χ4v) is 1.35. The molecule has 0 aliphatic carbocycles. The van der Waals surface area contributed by atoms with Gasteiger partial charge in [0, 0.05) is 5.69 Å². The van der Waals surface area contributed by atoms with E-state index in [1.54, 1.807) is 20.9 Å². The third-order valence-electron chi connectivity index (χ3n) is 2.90. The van der Waals surface area contributed by atoms with E-state index in [2.05, 4.69) is 10.6 Å². The predicted octanol–water partition coefficient (Wildman–Crippen LogP) is 2.51. The Labute approximate surface area is 114 Å². The number of benzene rings is 1. The first-order valence-electron chi connectivity index (χ1n) is 5.73. The van der Waals surface area contributed by atoms with Crippen molar-refractivity contribution >= 4 is 11.6 Å². The molecule has 0 aliphatic heterocycles. The summed E-state index contributed by atoms with van der Waals surface area (Å²) in [6.07, 6.45) is -4.65. The Bertz CT molecular complexity index is 559. The lowest BCUT2D eigenvalue weighted by Crippen LogP contribution is -2.47. The Morgan fingerprint density at radius 1 is 1.30 bits per heavy atom. The molecular weight excluding hydrogens is 271 g/mol. The lowest BCUT2D eigenvalue weighted by molar-refractivity contribution is -0.137. The van der Waals surface area contributed by atoms with Crippen LogP contribution in [0.4, 0.5) is 18.9 Å². The Kier molecular flexibility index (Phi) is 4.40. The second kappa shape index (κ2) is 5.51. The number of nitriles is 1. The van der Waals surface area contributed by atoms with E-state index in [0.29, 0.717) is 0 Å². The van der Waals surface area contributed by atoms with Crippen LogP contribution in [0.15, 0.2) is 18.2 Å². The molecule has 1 amide bonds. The van der Waals surface area contributed by atoms with Crippen LogP contribution in [0.3, 0.4) is 0 Å². The van der Waals surface area contributed by atoms with Crippen molar-refractivity contribution in [3.8, 4) is 6.07 Å². The van der Waals surface area contributed by atoms with Crippen molar-refractivity contribution < 1.29 is 18.0 Å². The summed E-state index contributed by atoms with van der Waals surface area (Å²) < 4.78 is 38.3. The highest BCUT2D eigenvalue weighted by atomic mass is 19.4. The minimum absolute atomic E-state index is 0.00958. The quantitative estimate of drug-likeness (QED) is 0.897. The van der Waals surface area contributed by atoms with E-state index in [0.717, 1.165) is 12.1 Å². The van der Waals surface area contributed by atoms with Crippen molar-refractivity contribution in [2.45, 2.75) is 25.6 Å². The van der Waals surface area contributed by atoms with Crippen molar-refractivity contribution in [2.75, 3.05) is 12.4 Å². The van der Waals surface area contributed by atoms with Crippen LogP contribution in [-0.4, -0.2) is 18.5 Å². The number of hydrogen-bond acceptors (Lipinski definition) is 3. The van der Waals surface area contributed by atoms with Crippen LogP contribution >= 0.6 is 0 Å². The molecule has 0 fully saturated rings. The third-order valence-corrected chi connectivity index (χ3v) is 2.90. The van der Waals surface area contributed by atoms with Gasteiger partial charge in [0.1, 0.15) is 0 Å². The van der Waals surface area contributed by atoms with E-state index in [4.69, 9.17) is 5.26 Å². The maximum atomic E-state index is 12.8. The molecule has 0 radical (unpaired) electrons. The summed E-state index contributed by atoms with van der Waals surface area (Å²) in [6, 6.07) is 4.53. The molecule has 1 aromatic carbocycles. The number of hydrogen-bond donors (Lipinski definition) is 2. The monoisotopic (exact) mass is 285 g/mol. The number of carbonyl (C=O) groups excluding carboxylic acids is 1. The molecule has 0 saturated carbocycles. The average Bonchev–Trinajstić information content (AvgIpc) is 2.37. The maximum absolute atomic E-state index is 12.8. The molecule has 20 heavy (non-hydrogen) atoms. The highest BCUT2D eigenvalue weighted by Crippen LogP contribution is 2.33. The van der Waals surface area contributed by atoms with E-state index in [1.165, 1.54) is 12.1 Å². The molecule has 0 bridgehead atoms. The van der Waals surface area contributed by atoms with Gasteiger partial charge in [0.2, 0.25) is 5.91 Å². The fourth-order valence-electron chi connectivity index (χ4n) is 1.35. The van der Waals surface area contributed by atoms with Crippen molar-refractivity contribution in [2.24, 2.45) is 0 Å². The zero-order valence-electron chi connectivity index (χ0n) is 11.2. The number of halogens is 3. The normalized spacial score (nSPS) is 11.8. The molecule has 1 rings (SSSR count). The van der Waals surface area contributed by atoms with Crippen LogP contribution in [0.2, 0.25) is 0 Å².